The number of thiophene rings is 1. The molecule has 6 heteroatoms. The molecule has 0 N–H and O–H groups in total. The number of aromatic nitrogens is 2. The number of rotatable bonds is 2. The van der Waals surface area contributed by atoms with Crippen molar-refractivity contribution in [2.45, 2.75) is 6.92 Å². The van der Waals surface area contributed by atoms with Crippen LogP contribution in [0.25, 0.3) is 10.2 Å². The van der Waals surface area contributed by atoms with Crippen molar-refractivity contribution >= 4 is 27.5 Å². The van der Waals surface area contributed by atoms with Crippen LogP contribution < -0.4 is 10.3 Å². The largest absolute Gasteiger partial charge is 0.422 e. The monoisotopic (exact) mass is 300 g/mol. The number of benzene rings is 1. The normalized spacial score (nSPS) is 10.8. The van der Waals surface area contributed by atoms with Gasteiger partial charge in [-0.1, -0.05) is 18.2 Å². The third kappa shape index (κ3) is 2.34. The molecule has 3 rings (SSSR count). The summed E-state index contributed by atoms with van der Waals surface area (Å²) in [6.07, 6.45) is 1.45. The van der Waals surface area contributed by atoms with Gasteiger partial charge in [-0.15, -0.1) is 11.3 Å². The Balaban J connectivity index is 2.05. The molecule has 0 saturated carbocycles. The molecule has 0 radical (unpaired) electrons. The first-order chi connectivity index (χ1) is 10.1. The number of hydrogen-bond acceptors (Lipinski definition) is 5. The highest BCUT2D eigenvalue weighted by Crippen LogP contribution is 2.27. The van der Waals surface area contributed by atoms with Crippen molar-refractivity contribution in [2.24, 2.45) is 7.05 Å². The number of para-hydroxylation sites is 1. The van der Waals surface area contributed by atoms with Crippen molar-refractivity contribution in [1.82, 2.24) is 9.55 Å². The summed E-state index contributed by atoms with van der Waals surface area (Å²) in [4.78, 5) is 29.5. The molecule has 0 amide bonds. The lowest BCUT2D eigenvalue weighted by atomic mass is 10.2. The average molecular weight is 300 g/mol. The van der Waals surface area contributed by atoms with Crippen molar-refractivity contribution in [1.29, 1.82) is 0 Å². The third-order valence-electron chi connectivity index (χ3n) is 3.15. The van der Waals surface area contributed by atoms with Crippen LogP contribution in [0.1, 0.15) is 15.2 Å². The summed E-state index contributed by atoms with van der Waals surface area (Å²) in [6.45, 7) is 1.74. The molecule has 2 heterocycles. The Kier molecular flexibility index (Phi) is 3.31. The Morgan fingerprint density at radius 3 is 2.71 bits per heavy atom. The Bertz CT molecular complexity index is 881. The summed E-state index contributed by atoms with van der Waals surface area (Å²) < 4.78 is 6.71. The number of carbonyl (C=O) groups is 1. The molecule has 0 atom stereocenters. The number of nitrogens with zero attached hydrogens (tertiary/aromatic N) is 2. The first-order valence-corrected chi connectivity index (χ1v) is 7.11. The van der Waals surface area contributed by atoms with Gasteiger partial charge >= 0.3 is 5.97 Å². The van der Waals surface area contributed by atoms with E-state index in [1.54, 1.807) is 38.2 Å². The smallest absolute Gasteiger partial charge is 0.354 e. The number of ether oxygens (including phenoxy) is 1. The zero-order valence-corrected chi connectivity index (χ0v) is 12.3. The fraction of sp³-hybridized carbons (Fsp3) is 0.133. The summed E-state index contributed by atoms with van der Waals surface area (Å²) in [7, 11) is 1.63. The summed E-state index contributed by atoms with van der Waals surface area (Å²) in [5.41, 5.74) is 0.456. The number of hydrogen-bond donors (Lipinski definition) is 0. The van der Waals surface area contributed by atoms with Crippen LogP contribution >= 0.6 is 11.3 Å². The Morgan fingerprint density at radius 1 is 1.29 bits per heavy atom. The molecule has 0 bridgehead atoms. The number of aryl methyl sites for hydroxylation is 2. The van der Waals surface area contributed by atoms with Crippen LogP contribution in [0.5, 0.6) is 5.75 Å². The average Bonchev–Trinajstić information content (AvgIpc) is 2.82. The lowest BCUT2D eigenvalue weighted by Gasteiger charge is -2.02. The number of fused-ring (bicyclic) bond motifs is 1. The van der Waals surface area contributed by atoms with Crippen LogP contribution in [-0.2, 0) is 7.05 Å². The van der Waals surface area contributed by atoms with Gasteiger partial charge in [-0.3, -0.25) is 4.79 Å². The second kappa shape index (κ2) is 5.14. The van der Waals surface area contributed by atoms with Gasteiger partial charge in [0.1, 0.15) is 15.5 Å². The van der Waals surface area contributed by atoms with Gasteiger partial charge in [0.15, 0.2) is 0 Å². The Hall–Kier alpha value is -2.47. The van der Waals surface area contributed by atoms with E-state index < -0.39 is 5.97 Å². The van der Waals surface area contributed by atoms with E-state index in [0.717, 1.165) is 0 Å². The quantitative estimate of drug-likeness (QED) is 0.539. The van der Waals surface area contributed by atoms with Gasteiger partial charge in [0.05, 0.1) is 11.7 Å². The zero-order valence-electron chi connectivity index (χ0n) is 11.5. The van der Waals surface area contributed by atoms with Crippen molar-refractivity contribution in [2.75, 3.05) is 0 Å². The van der Waals surface area contributed by atoms with E-state index >= 15 is 0 Å². The molecule has 106 valence electrons. The van der Waals surface area contributed by atoms with E-state index in [-0.39, 0.29) is 5.56 Å². The lowest BCUT2D eigenvalue weighted by Crippen LogP contribution is -2.17. The minimum absolute atomic E-state index is 0.160. The second-order valence-corrected chi connectivity index (χ2v) is 5.60. The first-order valence-electron chi connectivity index (χ1n) is 6.30. The van der Waals surface area contributed by atoms with Gasteiger partial charge in [-0.25, -0.2) is 9.78 Å². The predicted molar refractivity (Wildman–Crippen MR) is 81.0 cm³/mol. The number of carbonyl (C=O) groups excluding carboxylic acids is 1. The van der Waals surface area contributed by atoms with Gasteiger partial charge < -0.3 is 9.30 Å². The molecule has 0 aliphatic carbocycles. The molecule has 2 aromatic heterocycles. The van der Waals surface area contributed by atoms with Gasteiger partial charge in [-0.05, 0) is 24.6 Å². The predicted octanol–water partition coefficient (Wildman–Crippen LogP) is 2.52. The van der Waals surface area contributed by atoms with Crippen LogP contribution in [0.4, 0.5) is 0 Å². The van der Waals surface area contributed by atoms with Crippen molar-refractivity contribution in [3.63, 3.8) is 0 Å². The van der Waals surface area contributed by atoms with Gasteiger partial charge in [0.2, 0.25) is 0 Å². The summed E-state index contributed by atoms with van der Waals surface area (Å²) in [6, 6.07) is 8.83. The van der Waals surface area contributed by atoms with E-state index in [1.807, 2.05) is 6.07 Å². The summed E-state index contributed by atoms with van der Waals surface area (Å²) in [5.74, 6) is 0.00368. The highest BCUT2D eigenvalue weighted by Gasteiger charge is 2.20. The van der Waals surface area contributed by atoms with Crippen LogP contribution in [0.3, 0.4) is 0 Å². The fourth-order valence-corrected chi connectivity index (χ4v) is 3.06. The lowest BCUT2D eigenvalue weighted by molar-refractivity contribution is 0.0739. The fourth-order valence-electron chi connectivity index (χ4n) is 2.05. The topological polar surface area (TPSA) is 61.2 Å². The standard InChI is InChI=1S/C15H12N2O3S/c1-9-11-13(16-8-17(2)14(11)18)21-12(9)15(19)20-10-6-4-3-5-7-10/h3-8H,1-2H3. The molecule has 21 heavy (non-hydrogen) atoms. The minimum Gasteiger partial charge on any atom is -0.422 e. The van der Waals surface area contributed by atoms with Crippen molar-refractivity contribution < 1.29 is 9.53 Å². The maximum absolute atomic E-state index is 12.3. The third-order valence-corrected chi connectivity index (χ3v) is 4.33. The minimum atomic E-state index is -0.469. The highest BCUT2D eigenvalue weighted by atomic mass is 32.1. The van der Waals surface area contributed by atoms with E-state index in [4.69, 9.17) is 4.74 Å². The maximum atomic E-state index is 12.3. The van der Waals surface area contributed by atoms with Crippen LogP contribution in [0.15, 0.2) is 41.5 Å². The van der Waals surface area contributed by atoms with E-state index in [9.17, 15) is 9.59 Å². The Morgan fingerprint density at radius 2 is 2.00 bits per heavy atom. The SMILES string of the molecule is Cc1c(C(=O)Oc2ccccc2)sc2ncn(C)c(=O)c12. The molecule has 5 nitrogen and oxygen atoms in total. The number of esters is 1. The molecule has 0 aliphatic heterocycles. The van der Waals surface area contributed by atoms with Crippen LogP contribution in [0, 0.1) is 6.92 Å². The molecule has 0 fully saturated rings. The van der Waals surface area contributed by atoms with Gasteiger partial charge in [0, 0.05) is 7.05 Å². The molecule has 0 spiro atoms. The van der Waals surface area contributed by atoms with E-state index in [1.165, 1.54) is 22.2 Å². The van der Waals surface area contributed by atoms with Gasteiger partial charge in [0.25, 0.3) is 5.56 Å². The second-order valence-electron chi connectivity index (χ2n) is 4.60. The first kappa shape index (κ1) is 13.5. The van der Waals surface area contributed by atoms with Gasteiger partial charge in [-0.2, -0.15) is 0 Å². The van der Waals surface area contributed by atoms with E-state index in [0.29, 0.717) is 26.4 Å². The van der Waals surface area contributed by atoms with Crippen LogP contribution in [0.2, 0.25) is 0 Å². The van der Waals surface area contributed by atoms with Crippen LogP contribution in [-0.4, -0.2) is 15.5 Å². The van der Waals surface area contributed by atoms with E-state index in [2.05, 4.69) is 4.98 Å². The summed E-state index contributed by atoms with van der Waals surface area (Å²) in [5, 5.41) is 0.477. The Labute approximate surface area is 124 Å². The van der Waals surface area contributed by atoms with Crippen molar-refractivity contribution in [3.8, 4) is 5.75 Å². The molecule has 0 aliphatic rings. The zero-order chi connectivity index (χ0) is 15.0. The molecule has 3 aromatic rings. The molecular formula is C15H12N2O3S. The van der Waals surface area contributed by atoms with Crippen molar-refractivity contribution in [3.05, 3.63) is 57.5 Å². The maximum Gasteiger partial charge on any atom is 0.354 e. The summed E-state index contributed by atoms with van der Waals surface area (Å²) >= 11 is 1.18. The molecule has 1 aromatic carbocycles. The molecule has 0 saturated heterocycles. The highest BCUT2D eigenvalue weighted by molar-refractivity contribution is 7.20. The molecular weight excluding hydrogens is 288 g/mol. The molecule has 0 unspecified atom stereocenters.